The molecule has 2 atom stereocenters. The third kappa shape index (κ3) is 7.03. The number of nitrogens with one attached hydrogen (secondary N) is 1. The summed E-state index contributed by atoms with van der Waals surface area (Å²) >= 11 is 0. The summed E-state index contributed by atoms with van der Waals surface area (Å²) in [6.45, 7) is 15.4. The summed E-state index contributed by atoms with van der Waals surface area (Å²) in [6, 6.07) is 8.16. The van der Waals surface area contributed by atoms with Crippen molar-refractivity contribution in [2.24, 2.45) is 0 Å². The van der Waals surface area contributed by atoms with Crippen LogP contribution in [0.2, 0.25) is 0 Å². The molecule has 1 aliphatic heterocycles. The van der Waals surface area contributed by atoms with E-state index in [1.807, 2.05) is 24.0 Å². The van der Waals surface area contributed by atoms with Crippen LogP contribution in [0.3, 0.4) is 0 Å². The SMILES string of the molecule is CCC(C)NC(=O)CN1CCN(C(=O)C(C)Oc2ccc(C(C)(C)C)cc2)CC1. The maximum Gasteiger partial charge on any atom is 0.263 e. The van der Waals surface area contributed by atoms with E-state index in [2.05, 4.69) is 50.0 Å². The minimum Gasteiger partial charge on any atom is -0.481 e. The van der Waals surface area contributed by atoms with Crippen molar-refractivity contribution in [2.45, 2.75) is 65.5 Å². The second kappa shape index (κ2) is 10.1. The number of ether oxygens (including phenoxy) is 1. The Hall–Kier alpha value is -2.08. The van der Waals surface area contributed by atoms with Gasteiger partial charge >= 0.3 is 0 Å². The Bertz CT molecular complexity index is 674. The monoisotopic (exact) mass is 403 g/mol. The quantitative estimate of drug-likeness (QED) is 0.760. The van der Waals surface area contributed by atoms with Gasteiger partial charge in [-0.15, -0.1) is 0 Å². The van der Waals surface area contributed by atoms with Gasteiger partial charge in [0.25, 0.3) is 5.91 Å². The van der Waals surface area contributed by atoms with Crippen LogP contribution in [0, 0.1) is 0 Å². The highest BCUT2D eigenvalue weighted by Gasteiger charge is 2.27. The normalized spacial score (nSPS) is 17.5. The van der Waals surface area contributed by atoms with Gasteiger partial charge in [-0.25, -0.2) is 0 Å². The van der Waals surface area contributed by atoms with Crippen LogP contribution in [0.5, 0.6) is 5.75 Å². The molecule has 2 amide bonds. The molecule has 0 saturated carbocycles. The van der Waals surface area contributed by atoms with E-state index < -0.39 is 6.10 Å². The number of nitrogens with zero attached hydrogens (tertiary/aromatic N) is 2. The molecular formula is C23H37N3O3. The topological polar surface area (TPSA) is 61.9 Å². The van der Waals surface area contributed by atoms with Crippen molar-refractivity contribution in [3.8, 4) is 5.75 Å². The highest BCUT2D eigenvalue weighted by atomic mass is 16.5. The van der Waals surface area contributed by atoms with Crippen LogP contribution in [-0.4, -0.2) is 66.5 Å². The fourth-order valence-corrected chi connectivity index (χ4v) is 3.30. The molecule has 1 N–H and O–H groups in total. The van der Waals surface area contributed by atoms with E-state index in [1.54, 1.807) is 6.92 Å². The summed E-state index contributed by atoms with van der Waals surface area (Å²) in [4.78, 5) is 28.7. The van der Waals surface area contributed by atoms with Crippen molar-refractivity contribution in [3.63, 3.8) is 0 Å². The van der Waals surface area contributed by atoms with Gasteiger partial charge in [0, 0.05) is 32.2 Å². The Morgan fingerprint density at radius 3 is 2.17 bits per heavy atom. The zero-order valence-electron chi connectivity index (χ0n) is 18.8. The molecule has 1 aromatic carbocycles. The largest absolute Gasteiger partial charge is 0.481 e. The van der Waals surface area contributed by atoms with Gasteiger partial charge in [-0.05, 0) is 43.4 Å². The average Bonchev–Trinajstić information content (AvgIpc) is 2.67. The molecule has 1 aromatic rings. The Morgan fingerprint density at radius 2 is 1.66 bits per heavy atom. The number of piperazine rings is 1. The van der Waals surface area contributed by atoms with Crippen molar-refractivity contribution >= 4 is 11.8 Å². The van der Waals surface area contributed by atoms with E-state index in [4.69, 9.17) is 4.74 Å². The van der Waals surface area contributed by atoms with Crippen LogP contribution in [0.1, 0.15) is 53.5 Å². The van der Waals surface area contributed by atoms with Crippen LogP contribution < -0.4 is 10.1 Å². The number of amides is 2. The number of carbonyl (C=O) groups excluding carboxylic acids is 2. The number of hydrogen-bond donors (Lipinski definition) is 1. The summed E-state index contributed by atoms with van der Waals surface area (Å²) in [5.41, 5.74) is 1.32. The first kappa shape index (κ1) is 23.2. The molecule has 2 rings (SSSR count). The lowest BCUT2D eigenvalue weighted by Crippen LogP contribution is -2.53. The highest BCUT2D eigenvalue weighted by Crippen LogP contribution is 2.24. The Labute approximate surface area is 175 Å². The Morgan fingerprint density at radius 1 is 1.07 bits per heavy atom. The standard InChI is InChI=1S/C23H37N3O3/c1-7-17(2)24-21(27)16-25-12-14-26(15-13-25)22(28)18(3)29-20-10-8-19(9-11-20)23(4,5)6/h8-11,17-18H,7,12-16H2,1-6H3,(H,24,27). The van der Waals surface area contributed by atoms with Crippen LogP contribution in [0.15, 0.2) is 24.3 Å². The lowest BCUT2D eigenvalue weighted by atomic mass is 9.87. The van der Waals surface area contributed by atoms with Gasteiger partial charge in [0.2, 0.25) is 5.91 Å². The first-order chi connectivity index (χ1) is 13.6. The first-order valence-corrected chi connectivity index (χ1v) is 10.7. The molecule has 6 nitrogen and oxygen atoms in total. The minimum atomic E-state index is -0.532. The lowest BCUT2D eigenvalue weighted by Gasteiger charge is -2.35. The van der Waals surface area contributed by atoms with E-state index >= 15 is 0 Å². The molecule has 0 aromatic heterocycles. The third-order valence-corrected chi connectivity index (χ3v) is 5.45. The second-order valence-electron chi connectivity index (χ2n) is 9.01. The van der Waals surface area contributed by atoms with Gasteiger partial charge in [-0.2, -0.15) is 0 Å². The molecule has 1 saturated heterocycles. The predicted octanol–water partition coefficient (Wildman–Crippen LogP) is 2.81. The molecule has 0 aliphatic carbocycles. The summed E-state index contributed by atoms with van der Waals surface area (Å²) in [7, 11) is 0. The van der Waals surface area contributed by atoms with E-state index in [0.29, 0.717) is 38.5 Å². The van der Waals surface area contributed by atoms with Gasteiger partial charge < -0.3 is 15.0 Å². The minimum absolute atomic E-state index is 0.00592. The van der Waals surface area contributed by atoms with Crippen LogP contribution in [0.4, 0.5) is 0 Å². The molecule has 6 heteroatoms. The smallest absolute Gasteiger partial charge is 0.263 e. The molecule has 2 unspecified atom stereocenters. The number of carbonyl (C=O) groups is 2. The van der Waals surface area contributed by atoms with Crippen molar-refractivity contribution in [1.82, 2.24) is 15.1 Å². The molecule has 1 fully saturated rings. The van der Waals surface area contributed by atoms with Gasteiger partial charge in [-0.1, -0.05) is 39.8 Å². The molecule has 1 aliphatic rings. The van der Waals surface area contributed by atoms with E-state index in [0.717, 1.165) is 6.42 Å². The summed E-state index contributed by atoms with van der Waals surface area (Å²) in [5, 5.41) is 2.99. The van der Waals surface area contributed by atoms with Gasteiger partial charge in [0.05, 0.1) is 6.54 Å². The zero-order valence-corrected chi connectivity index (χ0v) is 18.8. The predicted molar refractivity (Wildman–Crippen MR) is 116 cm³/mol. The maximum absolute atomic E-state index is 12.7. The third-order valence-electron chi connectivity index (χ3n) is 5.45. The molecule has 0 spiro atoms. The van der Waals surface area contributed by atoms with Crippen molar-refractivity contribution < 1.29 is 14.3 Å². The van der Waals surface area contributed by atoms with E-state index in [9.17, 15) is 9.59 Å². The van der Waals surface area contributed by atoms with E-state index in [-0.39, 0.29) is 23.3 Å². The first-order valence-electron chi connectivity index (χ1n) is 10.7. The summed E-state index contributed by atoms with van der Waals surface area (Å²) in [6.07, 6.45) is 0.390. The number of rotatable bonds is 7. The number of benzene rings is 1. The van der Waals surface area contributed by atoms with Gasteiger partial charge in [0.15, 0.2) is 6.10 Å². The van der Waals surface area contributed by atoms with Gasteiger partial charge in [0.1, 0.15) is 5.75 Å². The highest BCUT2D eigenvalue weighted by molar-refractivity contribution is 5.81. The average molecular weight is 404 g/mol. The van der Waals surface area contributed by atoms with Crippen LogP contribution in [-0.2, 0) is 15.0 Å². The molecular weight excluding hydrogens is 366 g/mol. The van der Waals surface area contributed by atoms with Crippen molar-refractivity contribution in [1.29, 1.82) is 0 Å². The van der Waals surface area contributed by atoms with Crippen LogP contribution in [0.25, 0.3) is 0 Å². The molecule has 0 radical (unpaired) electrons. The van der Waals surface area contributed by atoms with Gasteiger partial charge in [-0.3, -0.25) is 14.5 Å². The van der Waals surface area contributed by atoms with Crippen molar-refractivity contribution in [2.75, 3.05) is 32.7 Å². The molecule has 162 valence electrons. The summed E-state index contributed by atoms with van der Waals surface area (Å²) < 4.78 is 5.88. The molecule has 29 heavy (non-hydrogen) atoms. The summed E-state index contributed by atoms with van der Waals surface area (Å²) in [5.74, 6) is 0.752. The fraction of sp³-hybridized carbons (Fsp3) is 0.652. The zero-order chi connectivity index (χ0) is 21.6. The van der Waals surface area contributed by atoms with Crippen molar-refractivity contribution in [3.05, 3.63) is 29.8 Å². The number of hydrogen-bond acceptors (Lipinski definition) is 4. The van der Waals surface area contributed by atoms with Crippen LogP contribution >= 0.6 is 0 Å². The second-order valence-corrected chi connectivity index (χ2v) is 9.01. The molecule has 0 bridgehead atoms. The fourth-order valence-electron chi connectivity index (χ4n) is 3.30. The Kier molecular flexibility index (Phi) is 8.08. The molecule has 1 heterocycles. The lowest BCUT2D eigenvalue weighted by molar-refractivity contribution is -0.139. The maximum atomic E-state index is 12.7. The Balaban J connectivity index is 1.80. The van der Waals surface area contributed by atoms with E-state index in [1.165, 1.54) is 5.56 Å².